The van der Waals surface area contributed by atoms with Gasteiger partial charge in [0.05, 0.1) is 0 Å². The summed E-state index contributed by atoms with van der Waals surface area (Å²) in [5, 5.41) is 5.49. The molecule has 5 heteroatoms. The van der Waals surface area contributed by atoms with E-state index in [4.69, 9.17) is 4.74 Å². The summed E-state index contributed by atoms with van der Waals surface area (Å²) < 4.78 is 5.73. The molecule has 0 unspecified atom stereocenters. The van der Waals surface area contributed by atoms with Gasteiger partial charge in [0.2, 0.25) is 0 Å². The van der Waals surface area contributed by atoms with Crippen molar-refractivity contribution < 1.29 is 9.53 Å². The maximum atomic E-state index is 11.9. The van der Waals surface area contributed by atoms with Crippen molar-refractivity contribution in [2.75, 3.05) is 31.0 Å². The highest BCUT2D eigenvalue weighted by atomic mass is 16.5. The first-order valence-corrected chi connectivity index (χ1v) is 7.90. The molecule has 0 aliphatic carbocycles. The lowest BCUT2D eigenvalue weighted by atomic mass is 10.1. The summed E-state index contributed by atoms with van der Waals surface area (Å²) >= 11 is 0. The van der Waals surface area contributed by atoms with E-state index in [-0.39, 0.29) is 12.8 Å². The Labute approximate surface area is 143 Å². The van der Waals surface area contributed by atoms with Crippen LogP contribution in [0.25, 0.3) is 0 Å². The summed E-state index contributed by atoms with van der Waals surface area (Å²) in [6.07, 6.45) is 0. The van der Waals surface area contributed by atoms with Crippen molar-refractivity contribution in [3.05, 3.63) is 53.1 Å². The van der Waals surface area contributed by atoms with Gasteiger partial charge in [-0.1, -0.05) is 12.1 Å². The van der Waals surface area contributed by atoms with Gasteiger partial charge in [0, 0.05) is 25.5 Å². The number of benzene rings is 2. The number of carbonyl (C=O) groups excluding carboxylic acids is 1. The molecule has 0 spiro atoms. The monoisotopic (exact) mass is 327 g/mol. The van der Waals surface area contributed by atoms with Crippen LogP contribution >= 0.6 is 0 Å². The zero-order valence-corrected chi connectivity index (χ0v) is 14.9. The first-order chi connectivity index (χ1) is 11.4. The molecule has 5 nitrogen and oxygen atoms in total. The predicted molar refractivity (Wildman–Crippen MR) is 99.1 cm³/mol. The van der Waals surface area contributed by atoms with Crippen LogP contribution in [0.3, 0.4) is 0 Å². The third-order valence-corrected chi connectivity index (χ3v) is 3.96. The van der Waals surface area contributed by atoms with E-state index in [9.17, 15) is 4.79 Å². The van der Waals surface area contributed by atoms with Crippen LogP contribution in [-0.2, 0) is 0 Å². The van der Waals surface area contributed by atoms with Gasteiger partial charge in [0.15, 0.2) is 6.73 Å². The number of nitrogens with one attached hydrogen (secondary N) is 2. The van der Waals surface area contributed by atoms with Gasteiger partial charge >= 0.3 is 6.03 Å². The first-order valence-electron chi connectivity index (χ1n) is 7.90. The maximum absolute atomic E-state index is 11.9. The third kappa shape index (κ3) is 4.41. The lowest BCUT2D eigenvalue weighted by molar-refractivity contribution is 0.234. The Kier molecular flexibility index (Phi) is 5.68. The summed E-state index contributed by atoms with van der Waals surface area (Å²) in [7, 11) is 3.95. The smallest absolute Gasteiger partial charge is 0.321 e. The highest BCUT2D eigenvalue weighted by Gasteiger charge is 2.07. The minimum absolute atomic E-state index is 0.118. The van der Waals surface area contributed by atoms with Crippen molar-refractivity contribution in [1.29, 1.82) is 0 Å². The zero-order valence-electron chi connectivity index (χ0n) is 14.9. The Morgan fingerprint density at radius 2 is 1.62 bits per heavy atom. The van der Waals surface area contributed by atoms with E-state index >= 15 is 0 Å². The van der Waals surface area contributed by atoms with Crippen molar-refractivity contribution in [1.82, 2.24) is 5.32 Å². The number of hydrogen-bond donors (Lipinski definition) is 2. The van der Waals surface area contributed by atoms with E-state index in [1.54, 1.807) is 0 Å². The molecular formula is C19H25N3O2. The fraction of sp³-hybridized carbons (Fsp3) is 0.316. The number of carbonyl (C=O) groups is 1. The lowest BCUT2D eigenvalue weighted by Gasteiger charge is -2.15. The first kappa shape index (κ1) is 17.7. The number of hydrogen-bond acceptors (Lipinski definition) is 3. The molecule has 2 N–H and O–H groups in total. The molecule has 0 bridgehead atoms. The van der Waals surface area contributed by atoms with Crippen molar-refractivity contribution in [3.63, 3.8) is 0 Å². The highest BCUT2D eigenvalue weighted by molar-refractivity contribution is 5.89. The number of nitrogens with zero attached hydrogens (tertiary/aromatic N) is 1. The summed E-state index contributed by atoms with van der Waals surface area (Å²) in [5.41, 5.74) is 5.13. The topological polar surface area (TPSA) is 53.6 Å². The normalized spacial score (nSPS) is 10.2. The van der Waals surface area contributed by atoms with E-state index < -0.39 is 0 Å². The largest absolute Gasteiger partial charge is 0.473 e. The van der Waals surface area contributed by atoms with E-state index in [0.717, 1.165) is 28.3 Å². The second-order valence-corrected chi connectivity index (χ2v) is 6.01. The van der Waals surface area contributed by atoms with Gasteiger partial charge in [-0.3, -0.25) is 0 Å². The molecule has 2 amide bonds. The zero-order chi connectivity index (χ0) is 17.7. The van der Waals surface area contributed by atoms with Crippen LogP contribution in [0.2, 0.25) is 0 Å². The molecule has 0 aliphatic heterocycles. The summed E-state index contributed by atoms with van der Waals surface area (Å²) in [5.74, 6) is 0.825. The molecule has 2 rings (SSSR count). The molecule has 0 atom stereocenters. The van der Waals surface area contributed by atoms with Crippen LogP contribution in [0, 0.1) is 20.8 Å². The van der Waals surface area contributed by atoms with Gasteiger partial charge in [-0.25, -0.2) is 4.79 Å². The van der Waals surface area contributed by atoms with Gasteiger partial charge in [-0.05, 0) is 61.7 Å². The van der Waals surface area contributed by atoms with E-state index in [1.807, 2.05) is 70.1 Å². The van der Waals surface area contributed by atoms with Crippen molar-refractivity contribution in [3.8, 4) is 5.75 Å². The quantitative estimate of drug-likeness (QED) is 0.821. The molecule has 0 aliphatic rings. The summed E-state index contributed by atoms with van der Waals surface area (Å²) in [6.45, 7) is 6.17. The Hall–Kier alpha value is -2.69. The summed E-state index contributed by atoms with van der Waals surface area (Å²) in [6, 6.07) is 11.4. The molecule has 128 valence electrons. The second-order valence-electron chi connectivity index (χ2n) is 6.01. The number of amides is 2. The average Bonchev–Trinajstić information content (AvgIpc) is 2.55. The van der Waals surface area contributed by atoms with E-state index in [2.05, 4.69) is 16.7 Å². The standard InChI is InChI=1S/C19H25N3O2/c1-13-6-7-14(2)18(15(13)3)24-12-20-19(23)21-16-8-10-17(11-9-16)22(4)5/h6-11H,12H2,1-5H3,(H2,20,21,23). The average molecular weight is 327 g/mol. The molecular weight excluding hydrogens is 302 g/mol. The van der Waals surface area contributed by atoms with Crippen LogP contribution in [0.4, 0.5) is 16.2 Å². The Morgan fingerprint density at radius 1 is 1.00 bits per heavy atom. The van der Waals surface area contributed by atoms with E-state index in [1.165, 1.54) is 5.56 Å². The van der Waals surface area contributed by atoms with Crippen LogP contribution in [-0.4, -0.2) is 26.9 Å². The van der Waals surface area contributed by atoms with Gasteiger partial charge in [-0.15, -0.1) is 0 Å². The van der Waals surface area contributed by atoms with Crippen LogP contribution in [0.1, 0.15) is 16.7 Å². The SMILES string of the molecule is Cc1ccc(C)c(OCNC(=O)Nc2ccc(N(C)C)cc2)c1C. The number of rotatable bonds is 5. The Morgan fingerprint density at radius 3 is 2.25 bits per heavy atom. The molecule has 0 aromatic heterocycles. The van der Waals surface area contributed by atoms with Crippen molar-refractivity contribution in [2.24, 2.45) is 0 Å². The van der Waals surface area contributed by atoms with Gasteiger partial charge in [0.1, 0.15) is 5.75 Å². The fourth-order valence-corrected chi connectivity index (χ4v) is 2.34. The number of anilines is 2. The second kappa shape index (κ2) is 7.73. The van der Waals surface area contributed by atoms with Crippen molar-refractivity contribution >= 4 is 17.4 Å². The molecule has 0 saturated carbocycles. The van der Waals surface area contributed by atoms with Gasteiger partial charge in [0.25, 0.3) is 0 Å². The maximum Gasteiger partial charge on any atom is 0.321 e. The van der Waals surface area contributed by atoms with Crippen LogP contribution in [0.15, 0.2) is 36.4 Å². The molecule has 2 aromatic carbocycles. The molecule has 0 saturated heterocycles. The van der Waals surface area contributed by atoms with Crippen molar-refractivity contribution in [2.45, 2.75) is 20.8 Å². The minimum atomic E-state index is -0.296. The van der Waals surface area contributed by atoms with Gasteiger partial charge < -0.3 is 20.3 Å². The highest BCUT2D eigenvalue weighted by Crippen LogP contribution is 2.25. The molecule has 24 heavy (non-hydrogen) atoms. The molecule has 0 heterocycles. The van der Waals surface area contributed by atoms with Crippen LogP contribution < -0.4 is 20.3 Å². The minimum Gasteiger partial charge on any atom is -0.473 e. The van der Waals surface area contributed by atoms with Gasteiger partial charge in [-0.2, -0.15) is 0 Å². The Bertz CT molecular complexity index is 709. The van der Waals surface area contributed by atoms with Crippen LogP contribution in [0.5, 0.6) is 5.75 Å². The number of aryl methyl sites for hydroxylation is 2. The summed E-state index contributed by atoms with van der Waals surface area (Å²) in [4.78, 5) is 13.9. The predicted octanol–water partition coefficient (Wildman–Crippen LogP) is 3.84. The lowest BCUT2D eigenvalue weighted by Crippen LogP contribution is -2.32. The number of urea groups is 1. The molecule has 2 aromatic rings. The molecule has 0 radical (unpaired) electrons. The number of ether oxygens (including phenoxy) is 1. The molecule has 0 fully saturated rings. The third-order valence-electron chi connectivity index (χ3n) is 3.96. The van der Waals surface area contributed by atoms with E-state index in [0.29, 0.717) is 0 Å². The fourth-order valence-electron chi connectivity index (χ4n) is 2.34. The Balaban J connectivity index is 1.87.